The second-order valence-corrected chi connectivity index (χ2v) is 6.88. The summed E-state index contributed by atoms with van der Waals surface area (Å²) in [6.45, 7) is 5.21. The number of hydrogen-bond donors (Lipinski definition) is 0. The summed E-state index contributed by atoms with van der Waals surface area (Å²) in [5, 5.41) is 0. The van der Waals surface area contributed by atoms with Crippen LogP contribution in [0, 0.1) is 0 Å². The maximum atomic E-state index is 12.5. The molecule has 0 N–H and O–H groups in total. The molecule has 0 radical (unpaired) electrons. The van der Waals surface area contributed by atoms with E-state index in [9.17, 15) is 14.4 Å². The van der Waals surface area contributed by atoms with E-state index >= 15 is 0 Å². The minimum absolute atomic E-state index is 0.0212. The van der Waals surface area contributed by atoms with Crippen LogP contribution in [0.1, 0.15) is 47.4 Å². The Labute approximate surface area is 141 Å². The monoisotopic (exact) mass is 330 g/mol. The predicted molar refractivity (Wildman–Crippen MR) is 87.7 cm³/mol. The highest BCUT2D eigenvalue weighted by atomic mass is 16.5. The maximum Gasteiger partial charge on any atom is 0.262 e. The Morgan fingerprint density at radius 1 is 1.08 bits per heavy atom. The summed E-state index contributed by atoms with van der Waals surface area (Å²) < 4.78 is 5.54. The van der Waals surface area contributed by atoms with E-state index in [2.05, 4.69) is 0 Å². The Morgan fingerprint density at radius 2 is 1.62 bits per heavy atom. The first kappa shape index (κ1) is 16.6. The van der Waals surface area contributed by atoms with Gasteiger partial charge in [0.2, 0.25) is 5.91 Å². The van der Waals surface area contributed by atoms with E-state index in [4.69, 9.17) is 4.74 Å². The van der Waals surface area contributed by atoms with E-state index in [0.717, 1.165) is 25.9 Å². The molecule has 0 aromatic heterocycles. The molecule has 0 bridgehead atoms. The van der Waals surface area contributed by atoms with Crippen molar-refractivity contribution < 1.29 is 19.1 Å². The van der Waals surface area contributed by atoms with E-state index in [1.54, 1.807) is 43.0 Å². The number of benzene rings is 1. The topological polar surface area (TPSA) is 66.9 Å². The fraction of sp³-hybridized carbons (Fsp3) is 0.500. The van der Waals surface area contributed by atoms with E-state index < -0.39 is 5.54 Å². The van der Waals surface area contributed by atoms with Crippen molar-refractivity contribution in [1.82, 2.24) is 9.80 Å². The Morgan fingerprint density at radius 3 is 2.17 bits per heavy atom. The number of likely N-dealkylation sites (tertiary alicyclic amines) is 1. The van der Waals surface area contributed by atoms with Gasteiger partial charge in [0.25, 0.3) is 11.8 Å². The van der Waals surface area contributed by atoms with Gasteiger partial charge in [-0.25, -0.2) is 0 Å². The first-order chi connectivity index (χ1) is 11.4. The van der Waals surface area contributed by atoms with Crippen LogP contribution in [0.15, 0.2) is 24.3 Å². The molecular weight excluding hydrogens is 308 g/mol. The van der Waals surface area contributed by atoms with Gasteiger partial charge in [0, 0.05) is 13.1 Å². The number of rotatable bonds is 5. The number of fused-ring (bicyclic) bond motifs is 1. The van der Waals surface area contributed by atoms with Gasteiger partial charge in [0.1, 0.15) is 6.61 Å². The van der Waals surface area contributed by atoms with Gasteiger partial charge in [-0.05, 0) is 38.8 Å². The number of nitrogens with zero attached hydrogens (tertiary/aromatic N) is 2. The van der Waals surface area contributed by atoms with Gasteiger partial charge in [-0.3, -0.25) is 19.3 Å². The van der Waals surface area contributed by atoms with E-state index in [0.29, 0.717) is 11.1 Å². The van der Waals surface area contributed by atoms with Crippen LogP contribution in [-0.2, 0) is 9.53 Å². The lowest BCUT2D eigenvalue weighted by atomic mass is 10.0. The second kappa shape index (κ2) is 6.36. The van der Waals surface area contributed by atoms with E-state index in [-0.39, 0.29) is 30.9 Å². The Kier molecular flexibility index (Phi) is 4.41. The Bertz CT molecular complexity index is 642. The van der Waals surface area contributed by atoms with Crippen LogP contribution in [0.2, 0.25) is 0 Å². The first-order valence-electron chi connectivity index (χ1n) is 8.25. The molecule has 6 nitrogen and oxygen atoms in total. The van der Waals surface area contributed by atoms with Crippen LogP contribution in [-0.4, -0.2) is 59.4 Å². The average molecular weight is 330 g/mol. The van der Waals surface area contributed by atoms with Crippen LogP contribution < -0.4 is 0 Å². The molecule has 0 aliphatic carbocycles. The molecule has 128 valence electrons. The summed E-state index contributed by atoms with van der Waals surface area (Å²) in [7, 11) is 0. The van der Waals surface area contributed by atoms with E-state index in [1.807, 2.05) is 0 Å². The quantitative estimate of drug-likeness (QED) is 0.771. The molecule has 2 heterocycles. The summed E-state index contributed by atoms with van der Waals surface area (Å²) in [5.41, 5.74) is 0.0193. The van der Waals surface area contributed by atoms with Gasteiger partial charge in [-0.1, -0.05) is 12.1 Å². The van der Waals surface area contributed by atoms with Crippen molar-refractivity contribution in [3.8, 4) is 0 Å². The number of hydrogen-bond acceptors (Lipinski definition) is 4. The molecule has 0 spiro atoms. The molecule has 2 aliphatic rings. The van der Waals surface area contributed by atoms with Crippen molar-refractivity contribution >= 4 is 17.7 Å². The molecule has 1 aromatic rings. The Hall–Kier alpha value is -2.21. The number of carbonyl (C=O) groups excluding carboxylic acids is 3. The minimum Gasteiger partial charge on any atom is -0.369 e. The number of carbonyl (C=O) groups is 3. The third-order valence-corrected chi connectivity index (χ3v) is 4.54. The van der Waals surface area contributed by atoms with Crippen LogP contribution >= 0.6 is 0 Å². The second-order valence-electron chi connectivity index (χ2n) is 6.88. The van der Waals surface area contributed by atoms with Crippen molar-refractivity contribution in [2.75, 3.05) is 26.3 Å². The molecule has 1 saturated heterocycles. The van der Waals surface area contributed by atoms with Gasteiger partial charge < -0.3 is 9.64 Å². The molecule has 6 heteroatoms. The van der Waals surface area contributed by atoms with Crippen LogP contribution in [0.3, 0.4) is 0 Å². The molecule has 2 aliphatic heterocycles. The summed E-state index contributed by atoms with van der Waals surface area (Å²) in [6, 6.07) is 6.80. The highest BCUT2D eigenvalue weighted by molar-refractivity contribution is 6.21. The van der Waals surface area contributed by atoms with Crippen molar-refractivity contribution in [1.29, 1.82) is 0 Å². The molecule has 1 fully saturated rings. The minimum atomic E-state index is -0.821. The standard InChI is InChI=1S/C18H22N2O4/c1-18(2,12-24-11-15(21)19-9-5-6-10-19)20-16(22)13-7-3-4-8-14(13)17(20)23/h3-4,7-8H,5-6,9-12H2,1-2H3. The summed E-state index contributed by atoms with van der Waals surface area (Å²) in [4.78, 5) is 40.1. The number of imide groups is 1. The van der Waals surface area contributed by atoms with Crippen molar-refractivity contribution in [2.24, 2.45) is 0 Å². The van der Waals surface area contributed by atoms with Gasteiger partial charge in [0.05, 0.1) is 23.3 Å². The van der Waals surface area contributed by atoms with Crippen LogP contribution in [0.25, 0.3) is 0 Å². The molecule has 0 unspecified atom stereocenters. The lowest BCUT2D eigenvalue weighted by Gasteiger charge is -2.33. The molecule has 3 amide bonds. The molecular formula is C18H22N2O4. The van der Waals surface area contributed by atoms with Crippen LogP contribution in [0.5, 0.6) is 0 Å². The highest BCUT2D eigenvalue weighted by Crippen LogP contribution is 2.29. The SMILES string of the molecule is CC(C)(COCC(=O)N1CCCC1)N1C(=O)c2ccccc2C1=O. The first-order valence-corrected chi connectivity index (χ1v) is 8.25. The molecule has 1 aromatic carbocycles. The summed E-state index contributed by atoms with van der Waals surface area (Å²) in [5.74, 6) is -0.657. The highest BCUT2D eigenvalue weighted by Gasteiger charge is 2.44. The van der Waals surface area contributed by atoms with Gasteiger partial charge in [-0.2, -0.15) is 0 Å². The smallest absolute Gasteiger partial charge is 0.262 e. The normalized spacial score (nSPS) is 17.6. The predicted octanol–water partition coefficient (Wildman–Crippen LogP) is 1.70. The summed E-state index contributed by atoms with van der Waals surface area (Å²) in [6.07, 6.45) is 2.07. The number of ether oxygens (including phenoxy) is 1. The molecule has 0 saturated carbocycles. The lowest BCUT2D eigenvalue weighted by molar-refractivity contribution is -0.135. The van der Waals surface area contributed by atoms with Crippen molar-refractivity contribution in [2.45, 2.75) is 32.2 Å². The Balaban J connectivity index is 1.62. The number of amides is 3. The largest absolute Gasteiger partial charge is 0.369 e. The van der Waals surface area contributed by atoms with E-state index in [1.165, 1.54) is 4.90 Å². The third kappa shape index (κ3) is 2.94. The average Bonchev–Trinajstić information content (AvgIpc) is 3.16. The maximum absolute atomic E-state index is 12.5. The molecule has 0 atom stereocenters. The van der Waals surface area contributed by atoms with Gasteiger partial charge in [-0.15, -0.1) is 0 Å². The zero-order chi connectivity index (χ0) is 17.3. The van der Waals surface area contributed by atoms with Crippen LogP contribution in [0.4, 0.5) is 0 Å². The molecule has 24 heavy (non-hydrogen) atoms. The zero-order valence-electron chi connectivity index (χ0n) is 14.1. The van der Waals surface area contributed by atoms with Gasteiger partial charge >= 0.3 is 0 Å². The third-order valence-electron chi connectivity index (χ3n) is 4.54. The fourth-order valence-electron chi connectivity index (χ4n) is 3.25. The van der Waals surface area contributed by atoms with Crippen molar-refractivity contribution in [3.63, 3.8) is 0 Å². The molecule has 3 rings (SSSR count). The summed E-state index contributed by atoms with van der Waals surface area (Å²) >= 11 is 0. The lowest BCUT2D eigenvalue weighted by Crippen LogP contribution is -2.51. The van der Waals surface area contributed by atoms with Gasteiger partial charge in [0.15, 0.2) is 0 Å². The zero-order valence-corrected chi connectivity index (χ0v) is 14.1. The fourth-order valence-corrected chi connectivity index (χ4v) is 3.25. The van der Waals surface area contributed by atoms with Crippen molar-refractivity contribution in [3.05, 3.63) is 35.4 Å².